The Balaban J connectivity index is 0. The van der Waals surface area contributed by atoms with Crippen molar-refractivity contribution < 1.29 is 42.8 Å². The standard InChI is InChI=1S/C5H5.C4H2F6S2.Ni/c1-2-4-5-3-1;5-3(6,7)1(11)2(12)4(8,9)10;/h1-5H;11-12H;/q-1;;/p-2. The Morgan fingerprint density at radius 2 is 1.06 bits per heavy atom. The van der Waals surface area contributed by atoms with Crippen LogP contribution in [0.1, 0.15) is 0 Å². The van der Waals surface area contributed by atoms with Gasteiger partial charge in [0.05, 0.1) is 0 Å². The van der Waals surface area contributed by atoms with Gasteiger partial charge in [-0.05, 0) is 0 Å². The number of rotatable bonds is 0. The van der Waals surface area contributed by atoms with Crippen molar-refractivity contribution in [1.29, 1.82) is 0 Å². The maximum atomic E-state index is 11.5. The smallest absolute Gasteiger partial charge is 0.391 e. The Hall–Kier alpha value is -0.396. The first kappa shape index (κ1) is 19.9. The maximum absolute atomic E-state index is 11.5. The van der Waals surface area contributed by atoms with Crippen LogP contribution in [-0.4, -0.2) is 12.4 Å². The van der Waals surface area contributed by atoms with E-state index in [0.717, 1.165) is 0 Å². The molecule has 0 amide bonds. The molecule has 0 nitrogen and oxygen atoms in total. The molecule has 0 aromatic heterocycles. The summed E-state index contributed by atoms with van der Waals surface area (Å²) in [6, 6.07) is 10.0. The number of alkyl halides is 6. The van der Waals surface area contributed by atoms with Crippen molar-refractivity contribution in [2.75, 3.05) is 0 Å². The average molecular weight is 350 g/mol. The van der Waals surface area contributed by atoms with Gasteiger partial charge in [-0.3, -0.25) is 0 Å². The van der Waals surface area contributed by atoms with Crippen molar-refractivity contribution >= 4 is 25.3 Å². The molecular weight excluding hydrogens is 345 g/mol. The van der Waals surface area contributed by atoms with Crippen LogP contribution in [0.5, 0.6) is 0 Å². The summed E-state index contributed by atoms with van der Waals surface area (Å²) in [5.41, 5.74) is 0. The van der Waals surface area contributed by atoms with E-state index < -0.39 is 22.2 Å². The molecule has 0 bridgehead atoms. The quantitative estimate of drug-likeness (QED) is 0.302. The van der Waals surface area contributed by atoms with E-state index in [1.807, 2.05) is 30.3 Å². The SMILES string of the molecule is FC(F)(F)C([S-])=C([S-])C(F)(F)F.[Ni].c1cc[cH-]c1. The van der Waals surface area contributed by atoms with Gasteiger partial charge in [0.2, 0.25) is 0 Å². The summed E-state index contributed by atoms with van der Waals surface area (Å²) in [7, 11) is 0. The molecule has 108 valence electrons. The third-order valence-corrected chi connectivity index (χ3v) is 2.28. The van der Waals surface area contributed by atoms with Crippen LogP contribution in [0, 0.1) is 0 Å². The van der Waals surface area contributed by atoms with Gasteiger partial charge in [-0.2, -0.15) is 44.5 Å². The van der Waals surface area contributed by atoms with E-state index >= 15 is 0 Å². The molecule has 1 rings (SSSR count). The van der Waals surface area contributed by atoms with Crippen molar-refractivity contribution in [2.24, 2.45) is 0 Å². The Morgan fingerprint density at radius 1 is 0.778 bits per heavy atom. The van der Waals surface area contributed by atoms with Gasteiger partial charge in [-0.1, -0.05) is 0 Å². The molecule has 0 N–H and O–H groups in total. The number of allylic oxidation sites excluding steroid dienone is 2. The van der Waals surface area contributed by atoms with Crippen LogP contribution >= 0.6 is 0 Å². The fourth-order valence-corrected chi connectivity index (χ4v) is 0.810. The zero-order valence-electron chi connectivity index (χ0n) is 8.29. The molecule has 0 aliphatic heterocycles. The van der Waals surface area contributed by atoms with Gasteiger partial charge in [0, 0.05) is 16.5 Å². The predicted molar refractivity (Wildman–Crippen MR) is 55.9 cm³/mol. The molecule has 18 heavy (non-hydrogen) atoms. The van der Waals surface area contributed by atoms with Crippen LogP contribution in [0.25, 0.3) is 0 Å². The topological polar surface area (TPSA) is 0 Å². The van der Waals surface area contributed by atoms with Crippen LogP contribution in [-0.2, 0) is 41.7 Å². The maximum Gasteiger partial charge on any atom is 0.391 e. The van der Waals surface area contributed by atoms with Crippen LogP contribution in [0.2, 0.25) is 0 Å². The minimum atomic E-state index is -5.19. The second kappa shape index (κ2) is 7.91. The summed E-state index contributed by atoms with van der Waals surface area (Å²) in [5, 5.41) is 0. The Morgan fingerprint density at radius 3 is 1.17 bits per heavy atom. The van der Waals surface area contributed by atoms with Gasteiger partial charge in [-0.25, -0.2) is 12.1 Å². The van der Waals surface area contributed by atoms with E-state index in [4.69, 9.17) is 0 Å². The molecule has 0 unspecified atom stereocenters. The Labute approximate surface area is 121 Å². The number of hydrogen-bond donors (Lipinski definition) is 0. The second-order valence-corrected chi connectivity index (χ2v) is 3.43. The largest absolute Gasteiger partial charge is 0.777 e. The van der Waals surface area contributed by atoms with Gasteiger partial charge < -0.3 is 25.3 Å². The van der Waals surface area contributed by atoms with E-state index in [1.165, 1.54) is 0 Å². The van der Waals surface area contributed by atoms with Crippen molar-refractivity contribution in [3.8, 4) is 0 Å². The molecule has 0 saturated heterocycles. The molecule has 0 radical (unpaired) electrons. The zero-order valence-corrected chi connectivity index (χ0v) is 10.9. The van der Waals surface area contributed by atoms with E-state index in [9.17, 15) is 26.3 Å². The third kappa shape index (κ3) is 7.84. The zero-order chi connectivity index (χ0) is 13.7. The Kier molecular flexibility index (Phi) is 8.76. The van der Waals surface area contributed by atoms with Crippen molar-refractivity contribution in [3.05, 3.63) is 40.1 Å². The van der Waals surface area contributed by atoms with Crippen molar-refractivity contribution in [3.63, 3.8) is 0 Å². The summed E-state index contributed by atoms with van der Waals surface area (Å²) in [6.07, 6.45) is -10.4. The van der Waals surface area contributed by atoms with Crippen LogP contribution in [0.3, 0.4) is 0 Å². The fourth-order valence-electron chi connectivity index (χ4n) is 0.578. The predicted octanol–water partition coefficient (Wildman–Crippen LogP) is 3.82. The third-order valence-electron chi connectivity index (χ3n) is 1.28. The first-order valence-electron chi connectivity index (χ1n) is 3.96. The van der Waals surface area contributed by atoms with E-state index in [1.54, 1.807) is 0 Å². The van der Waals surface area contributed by atoms with Crippen LogP contribution < -0.4 is 0 Å². The minimum absolute atomic E-state index is 0. The van der Waals surface area contributed by atoms with Gasteiger partial charge in [0.25, 0.3) is 0 Å². The van der Waals surface area contributed by atoms with Gasteiger partial charge in [0.15, 0.2) is 0 Å². The molecule has 0 aliphatic rings. The molecule has 1 aromatic rings. The molecule has 1 aromatic carbocycles. The summed E-state index contributed by atoms with van der Waals surface area (Å²) < 4.78 is 69.0. The second-order valence-electron chi connectivity index (χ2n) is 2.62. The van der Waals surface area contributed by atoms with E-state index in [2.05, 4.69) is 25.3 Å². The molecule has 0 fully saturated rings. The van der Waals surface area contributed by atoms with E-state index in [0.29, 0.717) is 0 Å². The monoisotopic (exact) mass is 349 g/mol. The summed E-state index contributed by atoms with van der Waals surface area (Å²) in [4.78, 5) is -4.41. The minimum Gasteiger partial charge on any atom is -0.777 e. The molecule has 0 atom stereocenters. The van der Waals surface area contributed by atoms with E-state index in [-0.39, 0.29) is 16.5 Å². The number of hydrogen-bond acceptors (Lipinski definition) is 2. The van der Waals surface area contributed by atoms with Crippen LogP contribution in [0.4, 0.5) is 26.3 Å². The molecule has 0 heterocycles. The van der Waals surface area contributed by atoms with Crippen LogP contribution in [0.15, 0.2) is 40.1 Å². The molecule has 0 saturated carbocycles. The molecule has 9 heteroatoms. The first-order chi connectivity index (χ1) is 7.57. The molecule has 0 aliphatic carbocycles. The summed E-state index contributed by atoms with van der Waals surface area (Å²) in [5.74, 6) is 0. The summed E-state index contributed by atoms with van der Waals surface area (Å²) >= 11 is 6.95. The van der Waals surface area contributed by atoms with Gasteiger partial charge >= 0.3 is 12.4 Å². The van der Waals surface area contributed by atoms with Gasteiger partial charge in [0.1, 0.15) is 0 Å². The summed E-state index contributed by atoms with van der Waals surface area (Å²) in [6.45, 7) is 0. The number of halogens is 6. The average Bonchev–Trinajstić information content (AvgIpc) is 2.70. The first-order valence-corrected chi connectivity index (χ1v) is 4.78. The van der Waals surface area contributed by atoms with Crippen molar-refractivity contribution in [2.45, 2.75) is 12.4 Å². The molecular formula is C9H5F6NiS2-3. The Bertz CT molecular complexity index is 313. The van der Waals surface area contributed by atoms with Crippen molar-refractivity contribution in [1.82, 2.24) is 0 Å². The van der Waals surface area contributed by atoms with Gasteiger partial charge in [-0.15, -0.1) is 9.81 Å². The molecule has 0 spiro atoms. The normalized spacial score (nSPS) is 12.8. The fraction of sp³-hybridized carbons (Fsp3) is 0.222.